The molecule has 94 valence electrons. The second-order valence-corrected chi connectivity index (χ2v) is 4.95. The third-order valence-corrected chi connectivity index (χ3v) is 2.55. The van der Waals surface area contributed by atoms with Crippen molar-refractivity contribution in [1.82, 2.24) is 0 Å². The minimum absolute atomic E-state index is 0.0896. The van der Waals surface area contributed by atoms with Gasteiger partial charge in [0.05, 0.1) is 23.7 Å². The first kappa shape index (κ1) is 13.4. The zero-order valence-corrected chi connectivity index (χ0v) is 10.4. The molecule has 1 rings (SSSR count). The van der Waals surface area contributed by atoms with Gasteiger partial charge in [-0.2, -0.15) is 0 Å². The molecule has 0 unspecified atom stereocenters. The number of aliphatic hydroxyl groups excluding tert-OH is 1. The zero-order valence-electron chi connectivity index (χ0n) is 10.4. The van der Waals surface area contributed by atoms with E-state index in [4.69, 9.17) is 4.74 Å². The van der Waals surface area contributed by atoms with Crippen LogP contribution < -0.4 is 4.74 Å². The summed E-state index contributed by atoms with van der Waals surface area (Å²) in [5.41, 5.74) is -0.285. The molecule has 1 aromatic carbocycles. The molecule has 1 atom stereocenters. The van der Waals surface area contributed by atoms with E-state index in [1.165, 1.54) is 25.3 Å². The van der Waals surface area contributed by atoms with E-state index in [2.05, 4.69) is 0 Å². The lowest BCUT2D eigenvalue weighted by Crippen LogP contribution is -2.19. The van der Waals surface area contributed by atoms with Crippen LogP contribution in [0.3, 0.4) is 0 Å². The molecule has 0 aliphatic heterocycles. The Kier molecular flexibility index (Phi) is 3.72. The summed E-state index contributed by atoms with van der Waals surface area (Å²) >= 11 is 0. The van der Waals surface area contributed by atoms with Crippen LogP contribution in [0.2, 0.25) is 0 Å². The quantitative estimate of drug-likeness (QED) is 0.650. The molecule has 0 heterocycles. The van der Waals surface area contributed by atoms with E-state index in [1.807, 2.05) is 20.8 Å². The average molecular weight is 239 g/mol. The second-order valence-electron chi connectivity index (χ2n) is 4.95. The van der Waals surface area contributed by atoms with E-state index in [9.17, 15) is 15.2 Å². The molecular formula is C12H17NO4. The average Bonchev–Trinajstić information content (AvgIpc) is 2.25. The summed E-state index contributed by atoms with van der Waals surface area (Å²) in [7, 11) is 1.48. The number of methoxy groups -OCH3 is 1. The third kappa shape index (κ3) is 2.94. The maximum Gasteiger partial charge on any atom is 0.275 e. The number of nitro groups is 1. The molecule has 0 radical (unpaired) electrons. The molecule has 0 bridgehead atoms. The predicted molar refractivity (Wildman–Crippen MR) is 64.1 cm³/mol. The van der Waals surface area contributed by atoms with Crippen LogP contribution >= 0.6 is 0 Å². The smallest absolute Gasteiger partial charge is 0.275 e. The van der Waals surface area contributed by atoms with E-state index in [-0.39, 0.29) is 11.3 Å². The molecule has 0 aliphatic carbocycles. The van der Waals surface area contributed by atoms with Crippen molar-refractivity contribution in [3.63, 3.8) is 0 Å². The monoisotopic (exact) mass is 239 g/mol. The molecule has 5 nitrogen and oxygen atoms in total. The summed E-state index contributed by atoms with van der Waals surface area (Å²) in [6.07, 6.45) is -0.919. The van der Waals surface area contributed by atoms with Crippen LogP contribution in [-0.4, -0.2) is 17.1 Å². The lowest BCUT2D eigenvalue weighted by Gasteiger charge is -2.26. The lowest BCUT2D eigenvalue weighted by atomic mass is 9.84. The second kappa shape index (κ2) is 4.71. The van der Waals surface area contributed by atoms with Gasteiger partial charge < -0.3 is 9.84 Å². The van der Waals surface area contributed by atoms with Gasteiger partial charge in [0.2, 0.25) is 0 Å². The molecule has 0 saturated carbocycles. The molecule has 0 aromatic heterocycles. The minimum atomic E-state index is -0.919. The molecule has 0 aliphatic rings. The number of nitro benzene ring substituents is 1. The Morgan fingerprint density at radius 3 is 2.41 bits per heavy atom. The van der Waals surface area contributed by atoms with Gasteiger partial charge >= 0.3 is 0 Å². The van der Waals surface area contributed by atoms with Crippen LogP contribution in [0, 0.1) is 15.5 Å². The number of rotatable bonds is 3. The molecule has 5 heteroatoms. The number of hydrogen-bond acceptors (Lipinski definition) is 4. The van der Waals surface area contributed by atoms with Gasteiger partial charge in [0, 0.05) is 6.07 Å². The third-order valence-electron chi connectivity index (χ3n) is 2.55. The van der Waals surface area contributed by atoms with E-state index in [1.54, 1.807) is 0 Å². The highest BCUT2D eigenvalue weighted by atomic mass is 16.6. The van der Waals surface area contributed by atoms with E-state index in [0.717, 1.165) is 0 Å². The van der Waals surface area contributed by atoms with Crippen LogP contribution in [-0.2, 0) is 0 Å². The Morgan fingerprint density at radius 2 is 2.00 bits per heavy atom. The Bertz CT molecular complexity index is 423. The summed E-state index contributed by atoms with van der Waals surface area (Å²) in [4.78, 5) is 10.4. The molecular weight excluding hydrogens is 222 g/mol. The standard InChI is InChI=1S/C12H17NO4/c1-12(2,3)11(14)9-7-8(17-4)5-6-10(9)13(15)16/h5-7,11,14H,1-4H3/t11-/m1/s1. The summed E-state index contributed by atoms with van der Waals surface area (Å²) < 4.78 is 5.02. The van der Waals surface area contributed by atoms with Crippen molar-refractivity contribution >= 4 is 5.69 Å². The van der Waals surface area contributed by atoms with Crippen molar-refractivity contribution in [2.24, 2.45) is 5.41 Å². The summed E-state index contributed by atoms with van der Waals surface area (Å²) in [6, 6.07) is 4.37. The molecule has 1 aromatic rings. The largest absolute Gasteiger partial charge is 0.497 e. The predicted octanol–water partition coefficient (Wildman–Crippen LogP) is 2.68. The summed E-state index contributed by atoms with van der Waals surface area (Å²) in [6.45, 7) is 5.46. The minimum Gasteiger partial charge on any atom is -0.497 e. The number of nitrogens with zero attached hydrogens (tertiary/aromatic N) is 1. The van der Waals surface area contributed by atoms with Crippen molar-refractivity contribution < 1.29 is 14.8 Å². The topological polar surface area (TPSA) is 72.6 Å². The fourth-order valence-corrected chi connectivity index (χ4v) is 1.51. The summed E-state index contributed by atoms with van der Waals surface area (Å²) in [5, 5.41) is 21.1. The van der Waals surface area contributed by atoms with Gasteiger partial charge in [0.1, 0.15) is 5.75 Å². The van der Waals surface area contributed by atoms with Crippen LogP contribution in [0.25, 0.3) is 0 Å². The number of hydrogen-bond donors (Lipinski definition) is 1. The number of benzene rings is 1. The fourth-order valence-electron chi connectivity index (χ4n) is 1.51. The highest BCUT2D eigenvalue weighted by Gasteiger charge is 2.30. The van der Waals surface area contributed by atoms with Gasteiger partial charge in [-0.3, -0.25) is 10.1 Å². The molecule has 0 spiro atoms. The molecule has 0 amide bonds. The van der Waals surface area contributed by atoms with E-state index >= 15 is 0 Å². The molecule has 0 saturated heterocycles. The van der Waals surface area contributed by atoms with Crippen molar-refractivity contribution in [2.45, 2.75) is 26.9 Å². The van der Waals surface area contributed by atoms with Gasteiger partial charge in [-0.1, -0.05) is 20.8 Å². The van der Waals surface area contributed by atoms with Crippen LogP contribution in [0.15, 0.2) is 18.2 Å². The van der Waals surface area contributed by atoms with E-state index in [0.29, 0.717) is 5.75 Å². The Labute approximate surface area is 100 Å². The van der Waals surface area contributed by atoms with Crippen LogP contribution in [0.4, 0.5) is 5.69 Å². The Hall–Kier alpha value is -1.62. The first-order valence-electron chi connectivity index (χ1n) is 5.27. The lowest BCUT2D eigenvalue weighted by molar-refractivity contribution is -0.386. The molecule has 17 heavy (non-hydrogen) atoms. The maximum absolute atomic E-state index is 10.9. The SMILES string of the molecule is COc1ccc([N+](=O)[O-])c([C@@H](O)C(C)(C)C)c1. The van der Waals surface area contributed by atoms with Gasteiger partial charge in [0.25, 0.3) is 5.69 Å². The normalized spacial score (nSPS) is 13.2. The maximum atomic E-state index is 10.9. The van der Waals surface area contributed by atoms with Crippen molar-refractivity contribution in [3.05, 3.63) is 33.9 Å². The van der Waals surface area contributed by atoms with Crippen LogP contribution in [0.5, 0.6) is 5.75 Å². The number of ether oxygens (including phenoxy) is 1. The Morgan fingerprint density at radius 1 is 1.41 bits per heavy atom. The van der Waals surface area contributed by atoms with Crippen LogP contribution in [0.1, 0.15) is 32.4 Å². The molecule has 1 N–H and O–H groups in total. The van der Waals surface area contributed by atoms with Crippen molar-refractivity contribution in [2.75, 3.05) is 7.11 Å². The summed E-state index contributed by atoms with van der Waals surface area (Å²) in [5.74, 6) is 0.494. The zero-order chi connectivity index (χ0) is 13.2. The Balaban J connectivity index is 3.32. The highest BCUT2D eigenvalue weighted by Crippen LogP contribution is 2.38. The van der Waals surface area contributed by atoms with E-state index < -0.39 is 16.4 Å². The van der Waals surface area contributed by atoms with Gasteiger partial charge in [-0.25, -0.2) is 0 Å². The highest BCUT2D eigenvalue weighted by molar-refractivity contribution is 5.47. The molecule has 0 fully saturated rings. The van der Waals surface area contributed by atoms with Gasteiger partial charge in [-0.15, -0.1) is 0 Å². The fraction of sp³-hybridized carbons (Fsp3) is 0.500. The van der Waals surface area contributed by atoms with Gasteiger partial charge in [-0.05, 0) is 17.5 Å². The first-order valence-corrected chi connectivity index (χ1v) is 5.27. The first-order chi connectivity index (χ1) is 7.77. The van der Waals surface area contributed by atoms with Gasteiger partial charge in [0.15, 0.2) is 0 Å². The number of aliphatic hydroxyl groups is 1. The van der Waals surface area contributed by atoms with Crippen molar-refractivity contribution in [1.29, 1.82) is 0 Å². The van der Waals surface area contributed by atoms with Crippen molar-refractivity contribution in [3.8, 4) is 5.75 Å².